The summed E-state index contributed by atoms with van der Waals surface area (Å²) in [5, 5.41) is 8.89. The number of halogens is 1. The van der Waals surface area contributed by atoms with Gasteiger partial charge in [-0.05, 0) is 40.8 Å². The van der Waals surface area contributed by atoms with Crippen LogP contribution < -0.4 is 0 Å². The lowest BCUT2D eigenvalue weighted by Crippen LogP contribution is -2.39. The number of rotatable bonds is 4. The highest BCUT2D eigenvalue weighted by molar-refractivity contribution is 14.1. The van der Waals surface area contributed by atoms with Gasteiger partial charge >= 0.3 is 5.97 Å². The van der Waals surface area contributed by atoms with Gasteiger partial charge in [0.15, 0.2) is 6.23 Å². The van der Waals surface area contributed by atoms with Crippen LogP contribution in [0.5, 0.6) is 0 Å². The van der Waals surface area contributed by atoms with Gasteiger partial charge in [0.25, 0.3) is 0 Å². The lowest BCUT2D eigenvalue weighted by atomic mass is 10.2. The fraction of sp³-hybridized carbons (Fsp3) is 0.231. The van der Waals surface area contributed by atoms with Gasteiger partial charge in [-0.3, -0.25) is 9.69 Å². The number of amides is 1. The number of aliphatic hydroxyl groups excluding tert-OH is 1. The number of carbonyl (C=O) groups excluding carboxylic acids is 2. The van der Waals surface area contributed by atoms with Gasteiger partial charge in [-0.2, -0.15) is 0 Å². The van der Waals surface area contributed by atoms with E-state index in [0.29, 0.717) is 5.56 Å². The Morgan fingerprint density at radius 1 is 1.42 bits per heavy atom. The lowest BCUT2D eigenvalue weighted by Gasteiger charge is -2.23. The monoisotopic (exact) mass is 373 g/mol. The Labute approximate surface area is 124 Å². The number of aliphatic hydroxyl groups is 1. The van der Waals surface area contributed by atoms with Gasteiger partial charge in [-0.1, -0.05) is 12.1 Å². The molecule has 0 spiro atoms. The first-order valence-corrected chi connectivity index (χ1v) is 6.76. The van der Waals surface area contributed by atoms with Crippen molar-refractivity contribution in [3.63, 3.8) is 0 Å². The molecule has 6 heteroatoms. The van der Waals surface area contributed by atoms with Crippen molar-refractivity contribution in [3.8, 4) is 0 Å². The number of hydrogen-bond donors (Lipinski definition) is 1. The second-order valence-electron chi connectivity index (χ2n) is 3.89. The molecule has 2 rings (SSSR count). The van der Waals surface area contributed by atoms with Crippen LogP contribution in [0.3, 0.4) is 0 Å². The highest BCUT2D eigenvalue weighted by Gasteiger charge is 2.28. The number of nitrogens with zero attached hydrogens (tertiary/aromatic N) is 1. The summed E-state index contributed by atoms with van der Waals surface area (Å²) in [5.41, 5.74) is 0.458. The van der Waals surface area contributed by atoms with E-state index in [1.54, 1.807) is 18.2 Å². The average molecular weight is 373 g/mol. The van der Waals surface area contributed by atoms with Gasteiger partial charge in [-0.15, -0.1) is 0 Å². The molecule has 1 aliphatic rings. The smallest absolute Gasteiger partial charge is 0.341 e. The SMILES string of the molecule is O=C(OC1C=CC(=O)N1CCO)c1ccccc1I. The second kappa shape index (κ2) is 6.16. The van der Waals surface area contributed by atoms with Gasteiger partial charge in [0.1, 0.15) is 0 Å². The van der Waals surface area contributed by atoms with E-state index in [1.807, 2.05) is 28.7 Å². The predicted molar refractivity (Wildman–Crippen MR) is 76.3 cm³/mol. The Hall–Kier alpha value is -1.41. The summed E-state index contributed by atoms with van der Waals surface area (Å²) in [6.45, 7) is -0.0417. The molecule has 19 heavy (non-hydrogen) atoms. The number of hydrogen-bond acceptors (Lipinski definition) is 4. The summed E-state index contributed by atoms with van der Waals surface area (Å²) < 4.78 is 6.06. The lowest BCUT2D eigenvalue weighted by molar-refractivity contribution is -0.131. The molecule has 0 aromatic heterocycles. The van der Waals surface area contributed by atoms with Crippen molar-refractivity contribution in [1.29, 1.82) is 0 Å². The van der Waals surface area contributed by atoms with Crippen LogP contribution in [0.15, 0.2) is 36.4 Å². The number of ether oxygens (including phenoxy) is 1. The van der Waals surface area contributed by atoms with E-state index in [4.69, 9.17) is 9.84 Å². The fourth-order valence-electron chi connectivity index (χ4n) is 1.74. The molecule has 1 atom stereocenters. The molecular formula is C13H12INO4. The molecule has 1 amide bonds. The quantitative estimate of drug-likeness (QED) is 0.636. The minimum atomic E-state index is -0.747. The third kappa shape index (κ3) is 3.13. The number of carbonyl (C=O) groups is 2. The van der Waals surface area contributed by atoms with Gasteiger partial charge in [0.2, 0.25) is 5.91 Å². The largest absolute Gasteiger partial charge is 0.434 e. The molecule has 1 heterocycles. The van der Waals surface area contributed by atoms with Crippen molar-refractivity contribution in [2.45, 2.75) is 6.23 Å². The molecular weight excluding hydrogens is 361 g/mol. The van der Waals surface area contributed by atoms with Crippen molar-refractivity contribution < 1.29 is 19.4 Å². The van der Waals surface area contributed by atoms with E-state index in [0.717, 1.165) is 3.57 Å². The maximum Gasteiger partial charge on any atom is 0.341 e. The van der Waals surface area contributed by atoms with E-state index < -0.39 is 12.2 Å². The summed E-state index contributed by atoms with van der Waals surface area (Å²) in [4.78, 5) is 24.8. The zero-order valence-corrected chi connectivity index (χ0v) is 12.1. The van der Waals surface area contributed by atoms with E-state index in [-0.39, 0.29) is 19.1 Å². The minimum Gasteiger partial charge on any atom is -0.434 e. The highest BCUT2D eigenvalue weighted by Crippen LogP contribution is 2.17. The van der Waals surface area contributed by atoms with Crippen LogP contribution in [0.1, 0.15) is 10.4 Å². The Morgan fingerprint density at radius 2 is 2.16 bits per heavy atom. The van der Waals surface area contributed by atoms with Crippen molar-refractivity contribution >= 4 is 34.5 Å². The molecule has 0 saturated carbocycles. The number of benzene rings is 1. The van der Waals surface area contributed by atoms with Crippen molar-refractivity contribution in [3.05, 3.63) is 45.6 Å². The molecule has 1 aromatic rings. The molecule has 0 saturated heterocycles. The molecule has 1 unspecified atom stereocenters. The summed E-state index contributed by atoms with van der Waals surface area (Å²) in [5.74, 6) is -0.758. The van der Waals surface area contributed by atoms with Gasteiger partial charge in [0.05, 0.1) is 12.2 Å². The zero-order chi connectivity index (χ0) is 13.8. The van der Waals surface area contributed by atoms with E-state index in [9.17, 15) is 9.59 Å². The first kappa shape index (κ1) is 14.0. The van der Waals surface area contributed by atoms with Crippen LogP contribution in [0, 0.1) is 3.57 Å². The Morgan fingerprint density at radius 3 is 2.84 bits per heavy atom. The molecule has 1 N–H and O–H groups in total. The summed E-state index contributed by atoms with van der Waals surface area (Å²) >= 11 is 2.05. The standard InChI is InChI=1S/C13H12INO4/c14-10-4-2-1-3-9(10)13(18)19-12-6-5-11(17)15(12)7-8-16/h1-6,12,16H,7-8H2. The number of esters is 1. The predicted octanol–water partition coefficient (Wildman–Crippen LogP) is 1.16. The van der Waals surface area contributed by atoms with Gasteiger partial charge in [0, 0.05) is 16.2 Å². The fourth-order valence-corrected chi connectivity index (χ4v) is 2.35. The topological polar surface area (TPSA) is 66.8 Å². The summed E-state index contributed by atoms with van der Waals surface area (Å²) in [6.07, 6.45) is 2.10. The third-order valence-electron chi connectivity index (χ3n) is 2.66. The molecule has 5 nitrogen and oxygen atoms in total. The Balaban J connectivity index is 2.09. The molecule has 0 fully saturated rings. The first-order chi connectivity index (χ1) is 9.13. The molecule has 0 radical (unpaired) electrons. The van der Waals surface area contributed by atoms with E-state index in [2.05, 4.69) is 0 Å². The van der Waals surface area contributed by atoms with E-state index in [1.165, 1.54) is 17.1 Å². The molecule has 1 aliphatic heterocycles. The molecule has 1 aromatic carbocycles. The van der Waals surface area contributed by atoms with Crippen LogP contribution in [0.25, 0.3) is 0 Å². The first-order valence-electron chi connectivity index (χ1n) is 5.68. The normalized spacial score (nSPS) is 17.9. The van der Waals surface area contributed by atoms with Crippen LogP contribution in [-0.4, -0.2) is 41.3 Å². The second-order valence-corrected chi connectivity index (χ2v) is 5.05. The van der Waals surface area contributed by atoms with Gasteiger partial charge < -0.3 is 9.84 Å². The van der Waals surface area contributed by atoms with Gasteiger partial charge in [-0.25, -0.2) is 4.79 Å². The van der Waals surface area contributed by atoms with Crippen molar-refractivity contribution in [1.82, 2.24) is 4.90 Å². The average Bonchev–Trinajstić information content (AvgIpc) is 2.72. The minimum absolute atomic E-state index is 0.135. The van der Waals surface area contributed by atoms with E-state index >= 15 is 0 Å². The van der Waals surface area contributed by atoms with Crippen LogP contribution in [0.2, 0.25) is 0 Å². The summed E-state index contributed by atoms with van der Waals surface area (Å²) in [7, 11) is 0. The van der Waals surface area contributed by atoms with Crippen molar-refractivity contribution in [2.24, 2.45) is 0 Å². The zero-order valence-electron chi connectivity index (χ0n) is 9.95. The molecule has 0 aliphatic carbocycles. The maximum atomic E-state index is 12.0. The highest BCUT2D eigenvalue weighted by atomic mass is 127. The van der Waals surface area contributed by atoms with Crippen LogP contribution >= 0.6 is 22.6 Å². The molecule has 100 valence electrons. The molecule has 0 bridgehead atoms. The third-order valence-corrected chi connectivity index (χ3v) is 3.60. The van der Waals surface area contributed by atoms with Crippen LogP contribution in [-0.2, 0) is 9.53 Å². The van der Waals surface area contributed by atoms with Crippen molar-refractivity contribution in [2.75, 3.05) is 13.2 Å². The Kier molecular flexibility index (Phi) is 4.54. The Bertz CT molecular complexity index is 529. The van der Waals surface area contributed by atoms with Crippen LogP contribution in [0.4, 0.5) is 0 Å². The summed E-state index contributed by atoms with van der Waals surface area (Å²) in [6, 6.07) is 7.05. The maximum absolute atomic E-state index is 12.0. The number of β-amino-alcohol motifs (C(OH)–C–C–N with tert-alkyl or cyclic N) is 1.